The van der Waals surface area contributed by atoms with E-state index in [-0.39, 0.29) is 12.4 Å². The molecule has 0 aromatic carbocycles. The van der Waals surface area contributed by atoms with Crippen LogP contribution in [0.2, 0.25) is 0 Å². The number of nitrogens with zero attached hydrogens (tertiary/aromatic N) is 1. The zero-order chi connectivity index (χ0) is 8.10. The van der Waals surface area contributed by atoms with Gasteiger partial charge >= 0.3 is 5.97 Å². The minimum Gasteiger partial charge on any atom is -0.394 e. The summed E-state index contributed by atoms with van der Waals surface area (Å²) in [4.78, 5) is 14.6. The number of hydrogen-bond donors (Lipinski definition) is 0. The van der Waals surface area contributed by atoms with Crippen molar-refractivity contribution in [2.75, 3.05) is 0 Å². The summed E-state index contributed by atoms with van der Waals surface area (Å²) in [6.45, 7) is 0. The van der Waals surface area contributed by atoms with E-state index in [0.29, 0.717) is 0 Å². The standard InChI is InChI=1S/C7H6INO2/c8-11-7(10)4-6-2-1-3-9-5-6/h1-3,5H,4H2. The summed E-state index contributed by atoms with van der Waals surface area (Å²) < 4.78 is 4.46. The van der Waals surface area contributed by atoms with Crippen LogP contribution < -0.4 is 0 Å². The third kappa shape index (κ3) is 2.83. The molecule has 0 aliphatic heterocycles. The van der Waals surface area contributed by atoms with Gasteiger partial charge in [-0.15, -0.1) is 0 Å². The number of pyridine rings is 1. The van der Waals surface area contributed by atoms with Crippen LogP contribution in [-0.4, -0.2) is 11.0 Å². The Hall–Kier alpha value is -0.650. The molecule has 3 nitrogen and oxygen atoms in total. The zero-order valence-electron chi connectivity index (χ0n) is 5.66. The fraction of sp³-hybridized carbons (Fsp3) is 0.143. The summed E-state index contributed by atoms with van der Waals surface area (Å²) in [5.41, 5.74) is 0.870. The van der Waals surface area contributed by atoms with E-state index in [0.717, 1.165) is 5.56 Å². The van der Waals surface area contributed by atoms with Gasteiger partial charge in [0, 0.05) is 12.4 Å². The van der Waals surface area contributed by atoms with Crippen LogP contribution in [0, 0.1) is 0 Å². The molecule has 0 bridgehead atoms. The Labute approximate surface area is 78.5 Å². The molecule has 0 unspecified atom stereocenters. The van der Waals surface area contributed by atoms with Crippen molar-refractivity contribution < 1.29 is 7.86 Å². The molecular weight excluding hydrogens is 257 g/mol. The first-order valence-corrected chi connectivity index (χ1v) is 3.91. The molecule has 0 saturated heterocycles. The molecule has 11 heavy (non-hydrogen) atoms. The fourth-order valence-corrected chi connectivity index (χ4v) is 0.852. The van der Waals surface area contributed by atoms with Crippen molar-refractivity contribution in [3.8, 4) is 0 Å². The Morgan fingerprint density at radius 3 is 3.09 bits per heavy atom. The SMILES string of the molecule is O=C(Cc1cccnc1)OI. The van der Waals surface area contributed by atoms with Gasteiger partial charge in [-0.05, 0) is 11.6 Å². The fourth-order valence-electron chi connectivity index (χ4n) is 0.697. The molecule has 0 spiro atoms. The molecule has 0 aliphatic carbocycles. The van der Waals surface area contributed by atoms with Gasteiger partial charge in [0.05, 0.1) is 6.42 Å². The summed E-state index contributed by atoms with van der Waals surface area (Å²) in [5.74, 6) is -0.251. The van der Waals surface area contributed by atoms with E-state index in [9.17, 15) is 4.79 Å². The van der Waals surface area contributed by atoms with Crippen molar-refractivity contribution in [2.24, 2.45) is 0 Å². The van der Waals surface area contributed by atoms with Crippen LogP contribution in [0.5, 0.6) is 0 Å². The first-order chi connectivity index (χ1) is 5.33. The molecule has 58 valence electrons. The van der Waals surface area contributed by atoms with E-state index in [1.807, 2.05) is 6.07 Å². The number of halogens is 1. The van der Waals surface area contributed by atoms with Gasteiger partial charge in [-0.3, -0.25) is 9.78 Å². The molecule has 0 N–H and O–H groups in total. The average Bonchev–Trinajstić information content (AvgIpc) is 2.06. The molecule has 0 fully saturated rings. The molecule has 1 aromatic rings. The number of rotatable bonds is 2. The van der Waals surface area contributed by atoms with E-state index < -0.39 is 0 Å². The second-order valence-electron chi connectivity index (χ2n) is 1.99. The van der Waals surface area contributed by atoms with Gasteiger partial charge in [0.15, 0.2) is 23.0 Å². The molecular formula is C7H6INO2. The van der Waals surface area contributed by atoms with Gasteiger partial charge in [0.2, 0.25) is 0 Å². The molecule has 1 aromatic heterocycles. The summed E-state index contributed by atoms with van der Waals surface area (Å²) >= 11 is 1.57. The Bertz CT molecular complexity index is 237. The molecule has 0 atom stereocenters. The molecule has 1 heterocycles. The monoisotopic (exact) mass is 263 g/mol. The third-order valence-electron chi connectivity index (χ3n) is 1.16. The van der Waals surface area contributed by atoms with Gasteiger partial charge in [0.1, 0.15) is 0 Å². The molecule has 1 rings (SSSR count). The third-order valence-corrected chi connectivity index (χ3v) is 1.65. The Kier molecular flexibility index (Phi) is 3.28. The highest BCUT2D eigenvalue weighted by Crippen LogP contribution is 2.00. The summed E-state index contributed by atoms with van der Waals surface area (Å²) in [5, 5.41) is 0. The van der Waals surface area contributed by atoms with Crippen LogP contribution in [0.15, 0.2) is 24.5 Å². The maximum atomic E-state index is 10.7. The van der Waals surface area contributed by atoms with E-state index in [4.69, 9.17) is 0 Å². The van der Waals surface area contributed by atoms with Crippen molar-refractivity contribution in [1.29, 1.82) is 0 Å². The quantitative estimate of drug-likeness (QED) is 0.759. The van der Waals surface area contributed by atoms with Crippen molar-refractivity contribution >= 4 is 29.0 Å². The van der Waals surface area contributed by atoms with Crippen molar-refractivity contribution in [2.45, 2.75) is 6.42 Å². The van der Waals surface area contributed by atoms with E-state index in [1.54, 1.807) is 41.5 Å². The van der Waals surface area contributed by atoms with Crippen LogP contribution >= 0.6 is 23.0 Å². The summed E-state index contributed by atoms with van der Waals surface area (Å²) in [6, 6.07) is 3.62. The van der Waals surface area contributed by atoms with E-state index >= 15 is 0 Å². The number of carbonyl (C=O) groups excluding carboxylic acids is 1. The lowest BCUT2D eigenvalue weighted by Crippen LogP contribution is -2.01. The highest BCUT2D eigenvalue weighted by molar-refractivity contribution is 14.1. The average molecular weight is 263 g/mol. The van der Waals surface area contributed by atoms with E-state index in [2.05, 4.69) is 8.05 Å². The van der Waals surface area contributed by atoms with Crippen LogP contribution in [0.1, 0.15) is 5.56 Å². The van der Waals surface area contributed by atoms with Gasteiger partial charge in [-0.2, -0.15) is 0 Å². The highest BCUT2D eigenvalue weighted by Gasteiger charge is 2.01. The molecule has 0 radical (unpaired) electrons. The largest absolute Gasteiger partial charge is 0.394 e. The first kappa shape index (κ1) is 8.45. The van der Waals surface area contributed by atoms with Gasteiger partial charge < -0.3 is 3.07 Å². The minimum absolute atomic E-state index is 0.251. The summed E-state index contributed by atoms with van der Waals surface area (Å²) in [7, 11) is 0. The summed E-state index contributed by atoms with van der Waals surface area (Å²) in [6.07, 6.45) is 3.60. The molecule has 4 heteroatoms. The molecule has 0 saturated carbocycles. The van der Waals surface area contributed by atoms with Crippen LogP contribution in [0.4, 0.5) is 0 Å². The highest BCUT2D eigenvalue weighted by atomic mass is 127. The minimum atomic E-state index is -0.251. The first-order valence-electron chi connectivity index (χ1n) is 3.03. The van der Waals surface area contributed by atoms with Crippen LogP contribution in [-0.2, 0) is 14.3 Å². The number of hydrogen-bond acceptors (Lipinski definition) is 3. The maximum Gasteiger partial charge on any atom is 0.319 e. The predicted octanol–water partition coefficient (Wildman–Crippen LogP) is 1.52. The van der Waals surface area contributed by atoms with Gasteiger partial charge in [-0.1, -0.05) is 6.07 Å². The lowest BCUT2D eigenvalue weighted by molar-refractivity contribution is -0.130. The van der Waals surface area contributed by atoms with E-state index in [1.165, 1.54) is 0 Å². The van der Waals surface area contributed by atoms with Gasteiger partial charge in [0.25, 0.3) is 0 Å². The van der Waals surface area contributed by atoms with Crippen molar-refractivity contribution in [3.63, 3.8) is 0 Å². The lowest BCUT2D eigenvalue weighted by Gasteiger charge is -1.95. The number of carbonyl (C=O) groups is 1. The normalized spacial score (nSPS) is 9.18. The van der Waals surface area contributed by atoms with Crippen molar-refractivity contribution in [3.05, 3.63) is 30.1 Å². The Morgan fingerprint density at radius 1 is 1.73 bits per heavy atom. The lowest BCUT2D eigenvalue weighted by atomic mass is 10.2. The topological polar surface area (TPSA) is 39.2 Å². The second kappa shape index (κ2) is 4.27. The smallest absolute Gasteiger partial charge is 0.319 e. The van der Waals surface area contributed by atoms with Crippen LogP contribution in [0.25, 0.3) is 0 Å². The molecule has 0 amide bonds. The second-order valence-corrected chi connectivity index (χ2v) is 2.43. The zero-order valence-corrected chi connectivity index (χ0v) is 7.82. The van der Waals surface area contributed by atoms with Crippen LogP contribution in [0.3, 0.4) is 0 Å². The predicted molar refractivity (Wildman–Crippen MR) is 48.1 cm³/mol. The Balaban J connectivity index is 2.58. The van der Waals surface area contributed by atoms with Crippen molar-refractivity contribution in [1.82, 2.24) is 4.98 Å². The van der Waals surface area contributed by atoms with Gasteiger partial charge in [-0.25, -0.2) is 0 Å². The number of aromatic nitrogens is 1. The Morgan fingerprint density at radius 2 is 2.55 bits per heavy atom. The molecule has 0 aliphatic rings. The maximum absolute atomic E-state index is 10.7.